The van der Waals surface area contributed by atoms with Crippen molar-refractivity contribution in [2.24, 2.45) is 7.05 Å². The van der Waals surface area contributed by atoms with Gasteiger partial charge in [-0.15, -0.1) is 0 Å². The van der Waals surface area contributed by atoms with Gasteiger partial charge in [0.05, 0.1) is 33.2 Å². The molecule has 0 spiro atoms. The highest BCUT2D eigenvalue weighted by molar-refractivity contribution is 8.32. The van der Waals surface area contributed by atoms with Gasteiger partial charge in [0, 0.05) is 53.8 Å². The molecule has 0 aliphatic carbocycles. The Hall–Kier alpha value is -2.81. The molecule has 1 atom stereocenters. The van der Waals surface area contributed by atoms with E-state index in [1.165, 1.54) is 0 Å². The molecule has 3 heterocycles. The molecule has 4 aromatic rings. The number of benzene rings is 2. The van der Waals surface area contributed by atoms with Gasteiger partial charge in [0.25, 0.3) is 0 Å². The first-order valence-electron chi connectivity index (χ1n) is 10.5. The maximum Gasteiger partial charge on any atom is 0.161 e. The molecule has 1 saturated heterocycles. The van der Waals surface area contributed by atoms with Crippen LogP contribution in [0.25, 0.3) is 22.3 Å². The molecule has 2 aromatic carbocycles. The number of rotatable bonds is 5. The first-order valence-corrected chi connectivity index (χ1v) is 13.2. The highest BCUT2D eigenvalue weighted by atomic mass is 32.8. The standard InChI is InChI=1S/C24H24N4O2S2/c1-27-10-9-18-15-19(7-8-22(18)27)24-25-20(16-23(26-24)28-11-13-30-14-12-28)17-32(29,31)21-5-3-2-4-6-21/h2-10,15-16H,11-14,17H2,1H3. The molecule has 0 bridgehead atoms. The van der Waals surface area contributed by atoms with Crippen molar-refractivity contribution in [2.45, 2.75) is 10.6 Å². The second kappa shape index (κ2) is 8.61. The Balaban J connectivity index is 1.58. The van der Waals surface area contributed by atoms with Gasteiger partial charge in [0.15, 0.2) is 5.82 Å². The molecule has 1 unspecified atom stereocenters. The fourth-order valence-electron chi connectivity index (χ4n) is 3.97. The second-order valence-corrected chi connectivity index (χ2v) is 11.5. The van der Waals surface area contributed by atoms with Crippen LogP contribution in [0.1, 0.15) is 5.69 Å². The molecular formula is C24H24N4O2S2. The third kappa shape index (κ3) is 4.26. The van der Waals surface area contributed by atoms with Crippen LogP contribution in [0.5, 0.6) is 0 Å². The first kappa shape index (κ1) is 21.1. The van der Waals surface area contributed by atoms with Gasteiger partial charge < -0.3 is 14.2 Å². The second-order valence-electron chi connectivity index (χ2n) is 7.91. The summed E-state index contributed by atoms with van der Waals surface area (Å²) in [4.78, 5) is 12.5. The lowest BCUT2D eigenvalue weighted by Gasteiger charge is -2.28. The Morgan fingerprint density at radius 3 is 2.59 bits per heavy atom. The minimum Gasteiger partial charge on any atom is -0.378 e. The van der Waals surface area contributed by atoms with Gasteiger partial charge in [0.2, 0.25) is 0 Å². The normalized spacial score (nSPS) is 16.2. The molecule has 0 radical (unpaired) electrons. The van der Waals surface area contributed by atoms with Crippen LogP contribution in [-0.2, 0) is 37.2 Å². The summed E-state index contributed by atoms with van der Waals surface area (Å²) in [5.74, 6) is 1.62. The van der Waals surface area contributed by atoms with Crippen LogP contribution in [0.4, 0.5) is 5.82 Å². The third-order valence-corrected chi connectivity index (χ3v) is 8.28. The van der Waals surface area contributed by atoms with Crippen molar-refractivity contribution < 1.29 is 8.95 Å². The molecule has 1 aliphatic heterocycles. The van der Waals surface area contributed by atoms with Gasteiger partial charge in [-0.2, -0.15) is 0 Å². The van der Waals surface area contributed by atoms with E-state index in [0.717, 1.165) is 35.4 Å². The molecule has 2 aromatic heterocycles. The summed E-state index contributed by atoms with van der Waals surface area (Å²) in [5, 5.41) is 1.13. The number of aromatic nitrogens is 3. The highest BCUT2D eigenvalue weighted by Crippen LogP contribution is 2.26. The maximum atomic E-state index is 13.4. The zero-order chi connectivity index (χ0) is 22.1. The van der Waals surface area contributed by atoms with Crippen LogP contribution < -0.4 is 4.90 Å². The van der Waals surface area contributed by atoms with Crippen molar-refractivity contribution in [2.75, 3.05) is 31.2 Å². The Bertz CT molecular complexity index is 1360. The average Bonchev–Trinajstić information content (AvgIpc) is 3.20. The van der Waals surface area contributed by atoms with Crippen molar-refractivity contribution in [1.82, 2.24) is 14.5 Å². The fourth-order valence-corrected chi connectivity index (χ4v) is 5.94. The van der Waals surface area contributed by atoms with Crippen LogP contribution in [0.15, 0.2) is 71.8 Å². The van der Waals surface area contributed by atoms with Gasteiger partial charge in [-0.25, -0.2) is 9.97 Å². The average molecular weight is 465 g/mol. The van der Waals surface area contributed by atoms with Crippen molar-refractivity contribution in [1.29, 1.82) is 0 Å². The molecule has 6 nitrogen and oxygen atoms in total. The Labute approximate surface area is 192 Å². The molecule has 32 heavy (non-hydrogen) atoms. The topological polar surface area (TPSA) is 60.2 Å². The summed E-state index contributed by atoms with van der Waals surface area (Å²) in [6, 6.07) is 19.5. The summed E-state index contributed by atoms with van der Waals surface area (Å²) >= 11 is 5.55. The van der Waals surface area contributed by atoms with E-state index in [4.69, 9.17) is 25.9 Å². The minimum absolute atomic E-state index is 0.187. The smallest absolute Gasteiger partial charge is 0.161 e. The largest absolute Gasteiger partial charge is 0.378 e. The molecular weight excluding hydrogens is 440 g/mol. The van der Waals surface area contributed by atoms with Crippen LogP contribution >= 0.6 is 0 Å². The SMILES string of the molecule is Cn1ccc2cc(-c3nc(CS(=O)(=S)c4ccccc4)cc(N4CCOCC4)n3)ccc21. The third-order valence-electron chi connectivity index (χ3n) is 5.68. The monoisotopic (exact) mass is 464 g/mol. The highest BCUT2D eigenvalue weighted by Gasteiger charge is 2.19. The van der Waals surface area contributed by atoms with Gasteiger partial charge in [-0.1, -0.05) is 18.2 Å². The maximum absolute atomic E-state index is 13.4. The van der Waals surface area contributed by atoms with E-state index in [1.54, 1.807) is 0 Å². The lowest BCUT2D eigenvalue weighted by Crippen LogP contribution is -2.37. The number of hydrogen-bond acceptors (Lipinski definition) is 6. The first-order chi connectivity index (χ1) is 15.5. The molecule has 0 N–H and O–H groups in total. The summed E-state index contributed by atoms with van der Waals surface area (Å²) in [7, 11) is -0.667. The van der Waals surface area contributed by atoms with E-state index in [9.17, 15) is 4.21 Å². The van der Waals surface area contributed by atoms with Crippen molar-refractivity contribution in [3.8, 4) is 11.4 Å². The summed E-state index contributed by atoms with van der Waals surface area (Å²) in [5.41, 5.74) is 2.76. The number of fused-ring (bicyclic) bond motifs is 1. The lowest BCUT2D eigenvalue weighted by atomic mass is 10.1. The summed E-state index contributed by atoms with van der Waals surface area (Å²) in [6.45, 7) is 2.84. The van der Waals surface area contributed by atoms with Gasteiger partial charge >= 0.3 is 0 Å². The molecule has 8 heteroatoms. The quantitative estimate of drug-likeness (QED) is 0.448. The van der Waals surface area contributed by atoms with Gasteiger partial charge in [-0.05, 0) is 47.6 Å². The number of ether oxygens (including phenoxy) is 1. The van der Waals surface area contributed by atoms with Gasteiger partial charge in [0.1, 0.15) is 5.82 Å². The van der Waals surface area contributed by atoms with E-state index >= 15 is 0 Å². The van der Waals surface area contributed by atoms with Crippen LogP contribution in [-0.4, -0.2) is 45.0 Å². The zero-order valence-electron chi connectivity index (χ0n) is 17.8. The molecule has 1 aliphatic rings. The molecule has 1 fully saturated rings. The van der Waals surface area contributed by atoms with E-state index in [2.05, 4.69) is 27.7 Å². The van der Waals surface area contributed by atoms with Gasteiger partial charge in [-0.3, -0.25) is 4.21 Å². The van der Waals surface area contributed by atoms with E-state index in [-0.39, 0.29) is 5.75 Å². The fraction of sp³-hybridized carbons (Fsp3) is 0.250. The van der Waals surface area contributed by atoms with Crippen LogP contribution in [0.3, 0.4) is 0 Å². The zero-order valence-corrected chi connectivity index (χ0v) is 19.4. The van der Waals surface area contributed by atoms with E-state index in [1.807, 2.05) is 55.7 Å². The number of morpholine rings is 1. The minimum atomic E-state index is -2.69. The van der Waals surface area contributed by atoms with E-state index in [0.29, 0.717) is 29.6 Å². The van der Waals surface area contributed by atoms with Crippen molar-refractivity contribution in [3.63, 3.8) is 0 Å². The van der Waals surface area contributed by atoms with Crippen LogP contribution in [0.2, 0.25) is 0 Å². The summed E-state index contributed by atoms with van der Waals surface area (Å²) < 4.78 is 21.0. The lowest BCUT2D eigenvalue weighted by molar-refractivity contribution is 0.122. The number of anilines is 1. The Kier molecular flexibility index (Phi) is 5.67. The molecule has 0 saturated carbocycles. The summed E-state index contributed by atoms with van der Waals surface area (Å²) in [6.07, 6.45) is 2.04. The van der Waals surface area contributed by atoms with Crippen LogP contribution in [0, 0.1) is 0 Å². The number of hydrogen-bond donors (Lipinski definition) is 0. The Morgan fingerprint density at radius 2 is 1.81 bits per heavy atom. The predicted molar refractivity (Wildman–Crippen MR) is 131 cm³/mol. The van der Waals surface area contributed by atoms with Crippen molar-refractivity contribution in [3.05, 3.63) is 72.6 Å². The van der Waals surface area contributed by atoms with Crippen molar-refractivity contribution >= 4 is 36.4 Å². The Morgan fingerprint density at radius 1 is 1.03 bits per heavy atom. The molecule has 164 valence electrons. The number of nitrogens with zero attached hydrogens (tertiary/aromatic N) is 4. The molecule has 5 rings (SSSR count). The predicted octanol–water partition coefficient (Wildman–Crippen LogP) is 3.78. The molecule has 0 amide bonds. The number of aryl methyl sites for hydroxylation is 1. The van der Waals surface area contributed by atoms with E-state index < -0.39 is 8.49 Å².